The zero-order valence-electron chi connectivity index (χ0n) is 10.6. The summed E-state index contributed by atoms with van der Waals surface area (Å²) in [4.78, 5) is 4.29. The van der Waals surface area contributed by atoms with Crippen molar-refractivity contribution in [2.75, 3.05) is 13.1 Å². The summed E-state index contributed by atoms with van der Waals surface area (Å²) in [7, 11) is 0. The molecule has 0 atom stereocenters. The molecule has 0 saturated carbocycles. The molecule has 1 heterocycles. The Morgan fingerprint density at radius 3 is 2.89 bits per heavy atom. The van der Waals surface area contributed by atoms with Gasteiger partial charge in [-0.2, -0.15) is 5.10 Å². The van der Waals surface area contributed by atoms with Crippen molar-refractivity contribution in [3.63, 3.8) is 0 Å². The van der Waals surface area contributed by atoms with Crippen molar-refractivity contribution in [1.29, 1.82) is 0 Å². The summed E-state index contributed by atoms with van der Waals surface area (Å²) >= 11 is 0. The third-order valence-corrected chi connectivity index (χ3v) is 3.05. The normalized spacial score (nSPS) is 15.3. The highest BCUT2D eigenvalue weighted by molar-refractivity contribution is 5.91. The molecule has 3 rings (SSSR count). The first kappa shape index (κ1) is 11.7. The number of rotatable bonds is 2. The smallest absolute Gasteiger partial charge is 0.212 e. The van der Waals surface area contributed by atoms with Crippen LogP contribution in [0.1, 0.15) is 12.0 Å². The number of benzene rings is 2. The fraction of sp³-hybridized carbons (Fsp3) is 0.200. The van der Waals surface area contributed by atoms with Crippen LogP contribution in [0.3, 0.4) is 0 Å². The van der Waals surface area contributed by atoms with Gasteiger partial charge in [-0.05, 0) is 28.8 Å². The van der Waals surface area contributed by atoms with Crippen LogP contribution < -0.4 is 10.7 Å². The van der Waals surface area contributed by atoms with Crippen LogP contribution >= 0.6 is 0 Å². The fourth-order valence-corrected chi connectivity index (χ4v) is 2.06. The molecule has 4 nitrogen and oxygen atoms in total. The lowest BCUT2D eigenvalue weighted by Gasteiger charge is -2.12. The van der Waals surface area contributed by atoms with Crippen LogP contribution in [0.5, 0.6) is 0 Å². The molecule has 0 amide bonds. The fourth-order valence-electron chi connectivity index (χ4n) is 2.06. The maximum Gasteiger partial charge on any atom is 0.212 e. The zero-order valence-corrected chi connectivity index (χ0v) is 10.6. The SMILES string of the molecule is C(=N/NC1=NCCCN1)/c1ccc2ccccc2c1. The lowest BCUT2D eigenvalue weighted by Crippen LogP contribution is -2.38. The van der Waals surface area contributed by atoms with E-state index in [2.05, 4.69) is 51.2 Å². The first-order valence-corrected chi connectivity index (χ1v) is 6.48. The largest absolute Gasteiger partial charge is 0.355 e. The van der Waals surface area contributed by atoms with E-state index in [9.17, 15) is 0 Å². The van der Waals surface area contributed by atoms with Gasteiger partial charge in [0.15, 0.2) is 0 Å². The Morgan fingerprint density at radius 2 is 2.05 bits per heavy atom. The van der Waals surface area contributed by atoms with Crippen LogP contribution in [0.4, 0.5) is 0 Å². The highest BCUT2D eigenvalue weighted by atomic mass is 15.4. The molecule has 0 radical (unpaired) electrons. The van der Waals surface area contributed by atoms with Crippen molar-refractivity contribution >= 4 is 22.9 Å². The molecule has 0 aromatic heterocycles. The highest BCUT2D eigenvalue weighted by Gasteiger charge is 2.00. The Balaban J connectivity index is 1.72. The molecule has 2 aromatic rings. The second kappa shape index (κ2) is 5.52. The van der Waals surface area contributed by atoms with E-state index in [0.29, 0.717) is 0 Å². The van der Waals surface area contributed by atoms with E-state index in [1.54, 1.807) is 0 Å². The van der Waals surface area contributed by atoms with Crippen molar-refractivity contribution in [3.8, 4) is 0 Å². The van der Waals surface area contributed by atoms with E-state index in [-0.39, 0.29) is 0 Å². The van der Waals surface area contributed by atoms with Gasteiger partial charge >= 0.3 is 0 Å². The van der Waals surface area contributed by atoms with Gasteiger partial charge in [-0.3, -0.25) is 4.99 Å². The van der Waals surface area contributed by atoms with Gasteiger partial charge in [-0.1, -0.05) is 36.4 Å². The molecule has 0 bridgehead atoms. The van der Waals surface area contributed by atoms with Crippen molar-refractivity contribution in [1.82, 2.24) is 10.7 Å². The van der Waals surface area contributed by atoms with Gasteiger partial charge < -0.3 is 5.32 Å². The number of hydrogen-bond donors (Lipinski definition) is 2. The quantitative estimate of drug-likeness (QED) is 0.635. The Labute approximate surface area is 112 Å². The van der Waals surface area contributed by atoms with E-state index in [4.69, 9.17) is 0 Å². The summed E-state index contributed by atoms with van der Waals surface area (Å²) in [5, 5.41) is 9.83. The van der Waals surface area contributed by atoms with Gasteiger partial charge in [-0.15, -0.1) is 0 Å². The molecule has 96 valence electrons. The number of nitrogens with one attached hydrogen (secondary N) is 2. The van der Waals surface area contributed by atoms with Crippen molar-refractivity contribution in [3.05, 3.63) is 48.0 Å². The molecular formula is C15H16N4. The molecule has 0 unspecified atom stereocenters. The Hall–Kier alpha value is -2.36. The van der Waals surface area contributed by atoms with E-state index < -0.39 is 0 Å². The van der Waals surface area contributed by atoms with Crippen LogP contribution in [0, 0.1) is 0 Å². The number of guanidine groups is 1. The van der Waals surface area contributed by atoms with Gasteiger partial charge in [0.2, 0.25) is 5.96 Å². The average Bonchev–Trinajstić information content (AvgIpc) is 2.48. The van der Waals surface area contributed by atoms with Crippen LogP contribution in [0.15, 0.2) is 52.6 Å². The predicted octanol–water partition coefficient (Wildman–Crippen LogP) is 2.11. The lowest BCUT2D eigenvalue weighted by atomic mass is 10.1. The molecule has 0 saturated heterocycles. The number of hydrazone groups is 1. The van der Waals surface area contributed by atoms with Gasteiger partial charge in [0.05, 0.1) is 6.21 Å². The maximum atomic E-state index is 4.29. The molecule has 1 aliphatic heterocycles. The second-order valence-corrected chi connectivity index (χ2v) is 4.49. The van der Waals surface area contributed by atoms with E-state index in [1.807, 2.05) is 18.3 Å². The van der Waals surface area contributed by atoms with Gasteiger partial charge in [-0.25, -0.2) is 5.43 Å². The topological polar surface area (TPSA) is 48.8 Å². The minimum atomic E-state index is 0.753. The Bertz CT molecular complexity index is 631. The van der Waals surface area contributed by atoms with E-state index >= 15 is 0 Å². The molecule has 2 N–H and O–H groups in total. The van der Waals surface area contributed by atoms with Crippen molar-refractivity contribution in [2.24, 2.45) is 10.1 Å². The summed E-state index contributed by atoms with van der Waals surface area (Å²) in [6.07, 6.45) is 2.89. The molecule has 4 heteroatoms. The first-order valence-electron chi connectivity index (χ1n) is 6.48. The summed E-state index contributed by atoms with van der Waals surface area (Å²) in [5.74, 6) is 0.753. The van der Waals surface area contributed by atoms with Crippen molar-refractivity contribution < 1.29 is 0 Å². The van der Waals surface area contributed by atoms with Crippen LogP contribution in [0.2, 0.25) is 0 Å². The third kappa shape index (κ3) is 2.91. The third-order valence-electron chi connectivity index (χ3n) is 3.05. The summed E-state index contributed by atoms with van der Waals surface area (Å²) < 4.78 is 0. The molecule has 0 fully saturated rings. The number of fused-ring (bicyclic) bond motifs is 1. The zero-order chi connectivity index (χ0) is 12.9. The van der Waals surface area contributed by atoms with Crippen LogP contribution in [-0.2, 0) is 0 Å². The monoisotopic (exact) mass is 252 g/mol. The molecular weight excluding hydrogens is 236 g/mol. The van der Waals surface area contributed by atoms with E-state index in [1.165, 1.54) is 10.8 Å². The average molecular weight is 252 g/mol. The van der Waals surface area contributed by atoms with Gasteiger partial charge in [0.25, 0.3) is 0 Å². The van der Waals surface area contributed by atoms with Crippen LogP contribution in [0.25, 0.3) is 10.8 Å². The summed E-state index contributed by atoms with van der Waals surface area (Å²) in [6.45, 7) is 1.82. The molecule has 0 aliphatic carbocycles. The summed E-state index contributed by atoms with van der Waals surface area (Å²) in [6, 6.07) is 14.6. The Morgan fingerprint density at radius 1 is 1.16 bits per heavy atom. The number of hydrogen-bond acceptors (Lipinski definition) is 4. The predicted molar refractivity (Wildman–Crippen MR) is 79.6 cm³/mol. The number of aliphatic imine (C=N–C) groups is 1. The Kier molecular flexibility index (Phi) is 3.40. The molecule has 19 heavy (non-hydrogen) atoms. The van der Waals surface area contributed by atoms with Crippen molar-refractivity contribution in [2.45, 2.75) is 6.42 Å². The molecule has 1 aliphatic rings. The number of nitrogens with zero attached hydrogens (tertiary/aromatic N) is 2. The standard InChI is InChI=1S/C15H16N4/c1-2-5-14-10-12(6-7-13(14)4-1)11-18-19-15-16-8-3-9-17-15/h1-2,4-7,10-11H,3,8-9H2,(H2,16,17,19)/b18-11-. The second-order valence-electron chi connectivity index (χ2n) is 4.49. The maximum absolute atomic E-state index is 4.29. The van der Waals surface area contributed by atoms with E-state index in [0.717, 1.165) is 31.0 Å². The summed E-state index contributed by atoms with van der Waals surface area (Å²) in [5.41, 5.74) is 4.00. The highest BCUT2D eigenvalue weighted by Crippen LogP contribution is 2.14. The van der Waals surface area contributed by atoms with Gasteiger partial charge in [0, 0.05) is 13.1 Å². The minimum absolute atomic E-state index is 0.753. The lowest BCUT2D eigenvalue weighted by molar-refractivity contribution is 0.712. The molecule has 0 spiro atoms. The molecule has 2 aromatic carbocycles. The minimum Gasteiger partial charge on any atom is -0.355 e. The van der Waals surface area contributed by atoms with Gasteiger partial charge in [0.1, 0.15) is 0 Å². The van der Waals surface area contributed by atoms with Crippen LogP contribution in [-0.4, -0.2) is 25.3 Å². The first-order chi connectivity index (χ1) is 9.42.